The molecule has 0 atom stereocenters. The molecule has 0 saturated carbocycles. The van der Waals surface area contributed by atoms with E-state index in [0.717, 1.165) is 5.56 Å². The molecule has 2 rings (SSSR count). The first-order valence-electron chi connectivity index (χ1n) is 5.67. The van der Waals surface area contributed by atoms with Crippen LogP contribution in [-0.2, 0) is 11.3 Å². The van der Waals surface area contributed by atoms with E-state index in [-0.39, 0.29) is 5.91 Å². The van der Waals surface area contributed by atoms with Crippen molar-refractivity contribution in [2.75, 3.05) is 5.32 Å². The monoisotopic (exact) mass is 275 g/mol. The first-order chi connectivity index (χ1) is 9.15. The third-order valence-corrected chi connectivity index (χ3v) is 2.72. The van der Waals surface area contributed by atoms with Crippen molar-refractivity contribution >= 4 is 28.8 Å². The third-order valence-electron chi connectivity index (χ3n) is 2.49. The standard InChI is InChI=1S/C12H13N5OS/c13-12(19)9-1-3-10(4-2-9)16-11(18)5-6-17-8-14-7-15-17/h1-4,7-8H,5-6H2,(H2,13,19)(H,16,18). The van der Waals surface area contributed by atoms with E-state index in [4.69, 9.17) is 18.0 Å². The summed E-state index contributed by atoms with van der Waals surface area (Å²) in [5.41, 5.74) is 6.98. The first kappa shape index (κ1) is 13.2. The van der Waals surface area contributed by atoms with Crippen LogP contribution in [0.1, 0.15) is 12.0 Å². The van der Waals surface area contributed by atoms with Gasteiger partial charge in [-0.15, -0.1) is 0 Å². The van der Waals surface area contributed by atoms with E-state index in [1.165, 1.54) is 6.33 Å². The molecule has 0 aliphatic carbocycles. The maximum atomic E-state index is 11.7. The highest BCUT2D eigenvalue weighted by molar-refractivity contribution is 7.80. The number of nitrogens with zero attached hydrogens (tertiary/aromatic N) is 3. The molecule has 1 amide bonds. The van der Waals surface area contributed by atoms with E-state index < -0.39 is 0 Å². The zero-order chi connectivity index (χ0) is 13.7. The molecule has 0 saturated heterocycles. The largest absolute Gasteiger partial charge is 0.389 e. The van der Waals surface area contributed by atoms with Gasteiger partial charge in [0, 0.05) is 17.7 Å². The van der Waals surface area contributed by atoms with E-state index in [1.54, 1.807) is 35.3 Å². The Balaban J connectivity index is 1.86. The van der Waals surface area contributed by atoms with Gasteiger partial charge in [-0.25, -0.2) is 4.98 Å². The number of aryl methyl sites for hydroxylation is 1. The highest BCUT2D eigenvalue weighted by Crippen LogP contribution is 2.09. The molecule has 0 bridgehead atoms. The van der Waals surface area contributed by atoms with Crippen molar-refractivity contribution in [2.45, 2.75) is 13.0 Å². The van der Waals surface area contributed by atoms with Gasteiger partial charge in [0.05, 0.1) is 6.54 Å². The van der Waals surface area contributed by atoms with Crippen molar-refractivity contribution < 1.29 is 4.79 Å². The van der Waals surface area contributed by atoms with Gasteiger partial charge in [0.25, 0.3) is 0 Å². The van der Waals surface area contributed by atoms with Crippen molar-refractivity contribution in [2.24, 2.45) is 5.73 Å². The molecule has 1 heterocycles. The molecule has 98 valence electrons. The Hall–Kier alpha value is -2.28. The fourth-order valence-corrected chi connectivity index (χ4v) is 1.64. The van der Waals surface area contributed by atoms with Gasteiger partial charge in [0.1, 0.15) is 17.6 Å². The van der Waals surface area contributed by atoms with Gasteiger partial charge < -0.3 is 11.1 Å². The Morgan fingerprint density at radius 2 is 2.11 bits per heavy atom. The number of nitrogens with one attached hydrogen (secondary N) is 1. The van der Waals surface area contributed by atoms with Crippen LogP contribution in [0.5, 0.6) is 0 Å². The number of hydrogen-bond acceptors (Lipinski definition) is 4. The summed E-state index contributed by atoms with van der Waals surface area (Å²) in [6, 6.07) is 7.08. The maximum Gasteiger partial charge on any atom is 0.226 e. The average molecular weight is 275 g/mol. The number of carbonyl (C=O) groups excluding carboxylic acids is 1. The Morgan fingerprint density at radius 3 is 2.68 bits per heavy atom. The summed E-state index contributed by atoms with van der Waals surface area (Å²) in [5.74, 6) is -0.0847. The van der Waals surface area contributed by atoms with Crippen LogP contribution in [0.3, 0.4) is 0 Å². The van der Waals surface area contributed by atoms with Crippen LogP contribution in [0.2, 0.25) is 0 Å². The number of aromatic nitrogens is 3. The van der Waals surface area contributed by atoms with Crippen LogP contribution in [0.15, 0.2) is 36.9 Å². The summed E-state index contributed by atoms with van der Waals surface area (Å²) in [6.45, 7) is 0.497. The highest BCUT2D eigenvalue weighted by Gasteiger charge is 2.03. The van der Waals surface area contributed by atoms with E-state index in [9.17, 15) is 4.79 Å². The number of rotatable bonds is 5. The summed E-state index contributed by atoms with van der Waals surface area (Å²) < 4.78 is 1.61. The average Bonchev–Trinajstić information content (AvgIpc) is 2.90. The number of thiocarbonyl (C=S) groups is 1. The molecule has 0 radical (unpaired) electrons. The molecule has 6 nitrogen and oxygen atoms in total. The molecule has 0 aliphatic rings. The van der Waals surface area contributed by atoms with E-state index in [1.807, 2.05) is 0 Å². The van der Waals surface area contributed by atoms with Crippen LogP contribution in [0.4, 0.5) is 5.69 Å². The van der Waals surface area contributed by atoms with E-state index >= 15 is 0 Å². The molecular formula is C12H13N5OS. The highest BCUT2D eigenvalue weighted by atomic mass is 32.1. The topological polar surface area (TPSA) is 85.8 Å². The summed E-state index contributed by atoms with van der Waals surface area (Å²) in [4.78, 5) is 15.8. The van der Waals surface area contributed by atoms with Gasteiger partial charge >= 0.3 is 0 Å². The number of benzene rings is 1. The van der Waals surface area contributed by atoms with Crippen LogP contribution in [0, 0.1) is 0 Å². The molecule has 7 heteroatoms. The minimum absolute atomic E-state index is 0.0847. The zero-order valence-corrected chi connectivity index (χ0v) is 10.9. The quantitative estimate of drug-likeness (QED) is 0.793. The Bertz CT molecular complexity index is 564. The van der Waals surface area contributed by atoms with E-state index in [0.29, 0.717) is 23.6 Å². The Labute approximate surface area is 115 Å². The second kappa shape index (κ2) is 6.05. The lowest BCUT2D eigenvalue weighted by Gasteiger charge is -2.06. The molecule has 2 aromatic rings. The molecule has 0 fully saturated rings. The molecule has 19 heavy (non-hydrogen) atoms. The number of amides is 1. The molecule has 0 spiro atoms. The van der Waals surface area contributed by atoms with Crippen LogP contribution >= 0.6 is 12.2 Å². The third kappa shape index (κ3) is 3.85. The zero-order valence-electron chi connectivity index (χ0n) is 10.1. The molecule has 3 N–H and O–H groups in total. The van der Waals surface area contributed by atoms with Gasteiger partial charge in [0.2, 0.25) is 5.91 Å². The van der Waals surface area contributed by atoms with Crippen LogP contribution < -0.4 is 11.1 Å². The van der Waals surface area contributed by atoms with Crippen molar-refractivity contribution in [3.05, 3.63) is 42.5 Å². The van der Waals surface area contributed by atoms with Crippen LogP contribution in [-0.4, -0.2) is 25.7 Å². The molecular weight excluding hydrogens is 262 g/mol. The predicted molar refractivity (Wildman–Crippen MR) is 75.6 cm³/mol. The van der Waals surface area contributed by atoms with E-state index in [2.05, 4.69) is 15.4 Å². The van der Waals surface area contributed by atoms with Gasteiger partial charge in [-0.3, -0.25) is 9.48 Å². The summed E-state index contributed by atoms with van der Waals surface area (Å²) in [6.07, 6.45) is 3.34. The van der Waals surface area contributed by atoms with Gasteiger partial charge in [-0.2, -0.15) is 5.10 Å². The summed E-state index contributed by atoms with van der Waals surface area (Å²) in [5, 5.41) is 6.71. The number of nitrogens with two attached hydrogens (primary N) is 1. The van der Waals surface area contributed by atoms with Crippen LogP contribution in [0.25, 0.3) is 0 Å². The maximum absolute atomic E-state index is 11.7. The van der Waals surface area contributed by atoms with Crippen molar-refractivity contribution in [3.8, 4) is 0 Å². The normalized spacial score (nSPS) is 10.1. The molecule has 0 unspecified atom stereocenters. The SMILES string of the molecule is NC(=S)c1ccc(NC(=O)CCn2cncn2)cc1. The minimum Gasteiger partial charge on any atom is -0.389 e. The molecule has 0 aliphatic heterocycles. The fraction of sp³-hybridized carbons (Fsp3) is 0.167. The predicted octanol–water partition coefficient (Wildman–Crippen LogP) is 0.941. The number of carbonyl (C=O) groups is 1. The number of hydrogen-bond donors (Lipinski definition) is 2. The second-order valence-corrected chi connectivity index (χ2v) is 4.34. The Morgan fingerprint density at radius 1 is 1.37 bits per heavy atom. The molecule has 1 aromatic heterocycles. The minimum atomic E-state index is -0.0847. The first-order valence-corrected chi connectivity index (χ1v) is 6.08. The lowest BCUT2D eigenvalue weighted by atomic mass is 10.2. The fourth-order valence-electron chi connectivity index (χ4n) is 1.51. The lowest BCUT2D eigenvalue weighted by Crippen LogP contribution is -2.15. The van der Waals surface area contributed by atoms with Crippen molar-refractivity contribution in [1.82, 2.24) is 14.8 Å². The number of anilines is 1. The summed E-state index contributed by atoms with van der Waals surface area (Å²) in [7, 11) is 0. The second-order valence-electron chi connectivity index (χ2n) is 3.90. The van der Waals surface area contributed by atoms with Gasteiger partial charge in [-0.05, 0) is 24.3 Å². The molecule has 1 aromatic carbocycles. The Kier molecular flexibility index (Phi) is 4.19. The van der Waals surface area contributed by atoms with Crippen molar-refractivity contribution in [1.29, 1.82) is 0 Å². The van der Waals surface area contributed by atoms with Crippen molar-refractivity contribution in [3.63, 3.8) is 0 Å². The van der Waals surface area contributed by atoms with Gasteiger partial charge in [-0.1, -0.05) is 12.2 Å². The lowest BCUT2D eigenvalue weighted by molar-refractivity contribution is -0.116. The van der Waals surface area contributed by atoms with Gasteiger partial charge in [0.15, 0.2) is 0 Å². The smallest absolute Gasteiger partial charge is 0.226 e. The summed E-state index contributed by atoms with van der Waals surface area (Å²) >= 11 is 4.86.